The number of allylic oxidation sites excluding steroid dienone is 1. The Bertz CT molecular complexity index is 356. The molecule has 3 nitrogen and oxygen atoms in total. The highest BCUT2D eigenvalue weighted by Gasteiger charge is 2.21. The summed E-state index contributed by atoms with van der Waals surface area (Å²) in [5.74, 6) is 3.12. The first-order chi connectivity index (χ1) is 6.70. The van der Waals surface area contributed by atoms with E-state index >= 15 is 0 Å². The van der Waals surface area contributed by atoms with Crippen molar-refractivity contribution in [2.75, 3.05) is 6.61 Å². The van der Waals surface area contributed by atoms with E-state index in [4.69, 9.17) is 11.2 Å². The van der Waals surface area contributed by atoms with Crippen molar-refractivity contribution in [3.05, 3.63) is 24.0 Å². The minimum atomic E-state index is -0.635. The second kappa shape index (κ2) is 4.45. The van der Waals surface area contributed by atoms with Crippen molar-refractivity contribution >= 4 is 6.08 Å². The summed E-state index contributed by atoms with van der Waals surface area (Å²) in [6.45, 7) is 2.04. The fraction of sp³-hybridized carbons (Fsp3) is 0.364. The van der Waals surface area contributed by atoms with E-state index in [1.54, 1.807) is 13.0 Å². The molecule has 1 unspecified atom stereocenters. The fourth-order valence-corrected chi connectivity index (χ4v) is 1.25. The molecule has 0 spiro atoms. The molecular weight excluding hydrogens is 178 g/mol. The van der Waals surface area contributed by atoms with E-state index in [9.17, 15) is 4.79 Å². The molecule has 0 amide bonds. The van der Waals surface area contributed by atoms with Gasteiger partial charge in [0.15, 0.2) is 0 Å². The maximum atomic E-state index is 10.2. The van der Waals surface area contributed by atoms with Gasteiger partial charge in [0.25, 0.3) is 0 Å². The molecule has 0 aromatic rings. The number of hydrogen-bond donors (Lipinski definition) is 0. The number of isocyanates is 1. The van der Waals surface area contributed by atoms with Crippen LogP contribution in [0.15, 0.2) is 29.0 Å². The zero-order valence-corrected chi connectivity index (χ0v) is 7.99. The van der Waals surface area contributed by atoms with Crippen LogP contribution in [0, 0.1) is 12.3 Å². The molecule has 0 bridgehead atoms. The molecule has 0 aromatic carbocycles. The second-order valence-electron chi connectivity index (χ2n) is 3.14. The normalized spacial score (nSPS) is 24.4. The Kier molecular flexibility index (Phi) is 3.28. The lowest BCUT2D eigenvalue weighted by molar-refractivity contribution is 0.243. The monoisotopic (exact) mass is 189 g/mol. The van der Waals surface area contributed by atoms with Gasteiger partial charge >= 0.3 is 0 Å². The Morgan fingerprint density at radius 3 is 3.21 bits per heavy atom. The minimum Gasteiger partial charge on any atom is -0.485 e. The van der Waals surface area contributed by atoms with E-state index in [2.05, 4.69) is 10.9 Å². The lowest BCUT2D eigenvalue weighted by atomic mass is 9.96. The van der Waals surface area contributed by atoms with Crippen LogP contribution in [0.25, 0.3) is 0 Å². The molecule has 72 valence electrons. The molecule has 0 aromatic heterocycles. The summed E-state index contributed by atoms with van der Waals surface area (Å²) in [5, 5.41) is 0. The Labute approximate surface area is 83.2 Å². The quantitative estimate of drug-likeness (QED) is 0.292. The van der Waals surface area contributed by atoms with Crippen molar-refractivity contribution in [2.45, 2.75) is 18.9 Å². The van der Waals surface area contributed by atoms with E-state index in [-0.39, 0.29) is 6.61 Å². The third-order valence-electron chi connectivity index (χ3n) is 1.85. The number of nitrogens with zero attached hydrogens (tertiary/aromatic N) is 1. The van der Waals surface area contributed by atoms with Crippen molar-refractivity contribution in [1.82, 2.24) is 0 Å². The summed E-state index contributed by atoms with van der Waals surface area (Å²) >= 11 is 0. The largest absolute Gasteiger partial charge is 0.485 e. The second-order valence-corrected chi connectivity index (χ2v) is 3.14. The van der Waals surface area contributed by atoms with Crippen molar-refractivity contribution in [2.24, 2.45) is 4.99 Å². The van der Waals surface area contributed by atoms with Gasteiger partial charge in [0, 0.05) is 6.42 Å². The maximum absolute atomic E-state index is 10.2. The van der Waals surface area contributed by atoms with Crippen molar-refractivity contribution in [1.29, 1.82) is 0 Å². The van der Waals surface area contributed by atoms with E-state index in [0.717, 1.165) is 5.76 Å². The van der Waals surface area contributed by atoms with Crippen molar-refractivity contribution in [3.8, 4) is 12.3 Å². The topological polar surface area (TPSA) is 38.7 Å². The van der Waals surface area contributed by atoms with Crippen LogP contribution in [-0.2, 0) is 9.53 Å². The van der Waals surface area contributed by atoms with Gasteiger partial charge in [-0.2, -0.15) is 4.99 Å². The number of ether oxygens (including phenoxy) is 1. The first-order valence-electron chi connectivity index (χ1n) is 4.25. The lowest BCUT2D eigenvalue weighted by Crippen LogP contribution is -2.18. The Morgan fingerprint density at radius 2 is 2.57 bits per heavy atom. The zero-order chi connectivity index (χ0) is 10.4. The Balaban J connectivity index is 2.77. The molecule has 1 aliphatic rings. The zero-order valence-electron chi connectivity index (χ0n) is 7.99. The molecule has 14 heavy (non-hydrogen) atoms. The number of hydrogen-bond acceptors (Lipinski definition) is 3. The molecule has 0 saturated heterocycles. The third-order valence-corrected chi connectivity index (χ3v) is 1.85. The highest BCUT2D eigenvalue weighted by atomic mass is 16.5. The van der Waals surface area contributed by atoms with Crippen molar-refractivity contribution in [3.63, 3.8) is 0 Å². The van der Waals surface area contributed by atoms with Crippen LogP contribution in [0.4, 0.5) is 0 Å². The van der Waals surface area contributed by atoms with Crippen molar-refractivity contribution < 1.29 is 9.53 Å². The van der Waals surface area contributed by atoms with Crippen LogP contribution < -0.4 is 0 Å². The van der Waals surface area contributed by atoms with Gasteiger partial charge in [-0.25, -0.2) is 4.79 Å². The summed E-state index contributed by atoms with van der Waals surface area (Å²) < 4.78 is 5.26. The molecule has 0 fully saturated rings. The number of carbonyl (C=O) groups excluding carboxylic acids is 1. The van der Waals surface area contributed by atoms with Gasteiger partial charge < -0.3 is 4.74 Å². The summed E-state index contributed by atoms with van der Waals surface area (Å²) in [5.41, 5.74) is -0.635. The number of rotatable bonds is 3. The average molecular weight is 189 g/mol. The van der Waals surface area contributed by atoms with Crippen LogP contribution in [0.3, 0.4) is 0 Å². The van der Waals surface area contributed by atoms with Crippen LogP contribution in [-0.4, -0.2) is 18.2 Å². The molecule has 0 N–H and O–H groups in total. The van der Waals surface area contributed by atoms with E-state index in [0.29, 0.717) is 6.42 Å². The van der Waals surface area contributed by atoms with Gasteiger partial charge in [-0.1, -0.05) is 18.1 Å². The lowest BCUT2D eigenvalue weighted by Gasteiger charge is -2.20. The average Bonchev–Trinajstić information content (AvgIpc) is 2.15. The predicted molar refractivity (Wildman–Crippen MR) is 53.2 cm³/mol. The first-order valence-corrected chi connectivity index (χ1v) is 4.25. The van der Waals surface area contributed by atoms with Crippen LogP contribution >= 0.6 is 0 Å². The molecule has 0 heterocycles. The summed E-state index contributed by atoms with van der Waals surface area (Å²) in [6, 6.07) is 0. The first kappa shape index (κ1) is 10.3. The Hall–Kier alpha value is -1.78. The molecule has 1 aliphatic carbocycles. The van der Waals surface area contributed by atoms with Crippen LogP contribution in [0.5, 0.6) is 0 Å². The smallest absolute Gasteiger partial charge is 0.236 e. The van der Waals surface area contributed by atoms with E-state index < -0.39 is 5.54 Å². The molecular formula is C11H11NO2. The van der Waals surface area contributed by atoms with Crippen LogP contribution in [0.1, 0.15) is 13.3 Å². The minimum absolute atomic E-state index is 0.237. The molecule has 1 rings (SSSR count). The summed E-state index contributed by atoms with van der Waals surface area (Å²) in [6.07, 6.45) is 12.8. The molecule has 0 saturated carbocycles. The van der Waals surface area contributed by atoms with Gasteiger partial charge in [0.05, 0.1) is 5.76 Å². The fourth-order valence-electron chi connectivity index (χ4n) is 1.25. The molecule has 0 aliphatic heterocycles. The van der Waals surface area contributed by atoms with Gasteiger partial charge in [0.1, 0.15) is 12.1 Å². The number of aliphatic imine (C=N–C) groups is 1. The summed E-state index contributed by atoms with van der Waals surface area (Å²) in [4.78, 5) is 13.8. The summed E-state index contributed by atoms with van der Waals surface area (Å²) in [7, 11) is 0. The van der Waals surface area contributed by atoms with E-state index in [1.165, 1.54) is 6.08 Å². The molecule has 0 radical (unpaired) electrons. The van der Waals surface area contributed by atoms with Gasteiger partial charge in [0.2, 0.25) is 6.08 Å². The van der Waals surface area contributed by atoms with Crippen LogP contribution in [0.2, 0.25) is 0 Å². The SMILES string of the molecule is C#CCOC1=CC(C)(N=C=O)C=CC1. The van der Waals surface area contributed by atoms with Gasteiger partial charge in [-0.3, -0.25) is 0 Å². The highest BCUT2D eigenvalue weighted by Crippen LogP contribution is 2.23. The Morgan fingerprint density at radius 1 is 1.79 bits per heavy atom. The van der Waals surface area contributed by atoms with Gasteiger partial charge in [-0.15, -0.1) is 6.42 Å². The molecule has 3 heteroatoms. The number of terminal acetylenes is 1. The van der Waals surface area contributed by atoms with E-state index in [1.807, 2.05) is 12.2 Å². The maximum Gasteiger partial charge on any atom is 0.236 e. The highest BCUT2D eigenvalue weighted by molar-refractivity contribution is 5.39. The molecule has 1 atom stereocenters. The third kappa shape index (κ3) is 2.62. The standard InChI is InChI=1S/C11H11NO2/c1-3-7-14-10-5-4-6-11(2,8-10)12-9-13/h1,4,6,8H,5,7H2,2H3. The predicted octanol–water partition coefficient (Wildman–Crippen LogP) is 1.57. The van der Waals surface area contributed by atoms with Gasteiger partial charge in [-0.05, 0) is 13.0 Å².